The standard InChI is InChI=1S/C23H21N3O2/c1-23(2,28-18-8-4-3-5-9-18)22(27)24-17-14-12-16(13-15-17)21-25-19-10-6-7-11-20(19)26-21/h3-15H,1-2H3,(H,24,27)(H,25,26). The number of carbonyl (C=O) groups excluding carboxylic acids is 1. The molecular formula is C23H21N3O2. The molecule has 0 fully saturated rings. The molecule has 5 heteroatoms. The second-order valence-corrected chi connectivity index (χ2v) is 7.06. The third-order valence-corrected chi connectivity index (χ3v) is 4.47. The second-order valence-electron chi connectivity index (χ2n) is 7.06. The van der Waals surface area contributed by atoms with Crippen LogP contribution < -0.4 is 10.1 Å². The minimum absolute atomic E-state index is 0.215. The van der Waals surface area contributed by atoms with Crippen LogP contribution in [0, 0.1) is 0 Å². The number of para-hydroxylation sites is 3. The quantitative estimate of drug-likeness (QED) is 0.517. The van der Waals surface area contributed by atoms with E-state index in [1.54, 1.807) is 13.8 Å². The number of aromatic amines is 1. The van der Waals surface area contributed by atoms with Crippen molar-refractivity contribution in [1.29, 1.82) is 0 Å². The lowest BCUT2D eigenvalue weighted by Gasteiger charge is -2.25. The van der Waals surface area contributed by atoms with Crippen LogP contribution in [0.5, 0.6) is 5.75 Å². The van der Waals surface area contributed by atoms with Gasteiger partial charge in [0.1, 0.15) is 11.6 Å². The topological polar surface area (TPSA) is 67.0 Å². The van der Waals surface area contributed by atoms with Gasteiger partial charge in [0.25, 0.3) is 5.91 Å². The highest BCUT2D eigenvalue weighted by molar-refractivity contribution is 5.97. The molecule has 1 amide bonds. The number of nitrogens with zero attached hydrogens (tertiary/aromatic N) is 1. The number of benzene rings is 3. The number of imidazole rings is 1. The largest absolute Gasteiger partial charge is 0.478 e. The van der Waals surface area contributed by atoms with Crippen LogP contribution in [-0.4, -0.2) is 21.5 Å². The highest BCUT2D eigenvalue weighted by atomic mass is 16.5. The summed E-state index contributed by atoms with van der Waals surface area (Å²) in [4.78, 5) is 20.6. The summed E-state index contributed by atoms with van der Waals surface area (Å²) in [6.45, 7) is 3.50. The molecule has 0 radical (unpaired) electrons. The van der Waals surface area contributed by atoms with E-state index < -0.39 is 5.60 Å². The minimum atomic E-state index is -1.00. The number of H-pyrrole nitrogens is 1. The van der Waals surface area contributed by atoms with Gasteiger partial charge < -0.3 is 15.0 Å². The lowest BCUT2D eigenvalue weighted by molar-refractivity contribution is -0.128. The van der Waals surface area contributed by atoms with Crippen molar-refractivity contribution in [3.05, 3.63) is 78.9 Å². The Balaban J connectivity index is 1.47. The molecule has 2 N–H and O–H groups in total. The van der Waals surface area contributed by atoms with Gasteiger partial charge in [-0.05, 0) is 62.4 Å². The lowest BCUT2D eigenvalue weighted by Crippen LogP contribution is -2.42. The van der Waals surface area contributed by atoms with E-state index in [-0.39, 0.29) is 5.91 Å². The summed E-state index contributed by atoms with van der Waals surface area (Å²) >= 11 is 0. The molecule has 0 unspecified atom stereocenters. The number of ether oxygens (including phenoxy) is 1. The van der Waals surface area contributed by atoms with Crippen LogP contribution in [0.15, 0.2) is 78.9 Å². The Hall–Kier alpha value is -3.60. The zero-order valence-corrected chi connectivity index (χ0v) is 15.8. The van der Waals surface area contributed by atoms with E-state index in [0.29, 0.717) is 11.4 Å². The normalized spacial score (nSPS) is 11.4. The molecular weight excluding hydrogens is 350 g/mol. The molecule has 0 saturated heterocycles. The van der Waals surface area contributed by atoms with Crippen molar-refractivity contribution in [2.24, 2.45) is 0 Å². The SMILES string of the molecule is CC(C)(Oc1ccccc1)C(=O)Nc1ccc(-c2nc3ccccc3[nH]2)cc1. The first-order chi connectivity index (χ1) is 13.5. The number of anilines is 1. The van der Waals surface area contributed by atoms with Gasteiger partial charge in [-0.3, -0.25) is 4.79 Å². The van der Waals surface area contributed by atoms with Crippen LogP contribution in [-0.2, 0) is 4.79 Å². The molecule has 1 aromatic heterocycles. The summed E-state index contributed by atoms with van der Waals surface area (Å²) in [5.74, 6) is 1.24. The molecule has 0 spiro atoms. The lowest BCUT2D eigenvalue weighted by atomic mass is 10.1. The van der Waals surface area contributed by atoms with Crippen LogP contribution >= 0.6 is 0 Å². The Labute approximate surface area is 163 Å². The Morgan fingerprint density at radius 1 is 0.929 bits per heavy atom. The van der Waals surface area contributed by atoms with Crippen LogP contribution in [0.25, 0.3) is 22.4 Å². The van der Waals surface area contributed by atoms with Crippen molar-refractivity contribution in [1.82, 2.24) is 9.97 Å². The molecule has 0 saturated carbocycles. The molecule has 0 aliphatic heterocycles. The summed E-state index contributed by atoms with van der Waals surface area (Å²) in [5, 5.41) is 2.91. The molecule has 140 valence electrons. The van der Waals surface area contributed by atoms with Gasteiger partial charge >= 0.3 is 0 Å². The van der Waals surface area contributed by atoms with E-state index >= 15 is 0 Å². The molecule has 0 atom stereocenters. The fourth-order valence-corrected chi connectivity index (χ4v) is 2.91. The number of rotatable bonds is 5. The van der Waals surface area contributed by atoms with Crippen molar-refractivity contribution in [2.45, 2.75) is 19.4 Å². The van der Waals surface area contributed by atoms with Crippen molar-refractivity contribution < 1.29 is 9.53 Å². The molecule has 4 rings (SSSR count). The van der Waals surface area contributed by atoms with Crippen molar-refractivity contribution in [2.75, 3.05) is 5.32 Å². The number of hydrogen-bond acceptors (Lipinski definition) is 3. The molecule has 28 heavy (non-hydrogen) atoms. The smallest absolute Gasteiger partial charge is 0.267 e. The zero-order valence-electron chi connectivity index (χ0n) is 15.8. The molecule has 0 bridgehead atoms. The third-order valence-electron chi connectivity index (χ3n) is 4.47. The number of hydrogen-bond donors (Lipinski definition) is 2. The number of nitrogens with one attached hydrogen (secondary N) is 2. The first kappa shape index (κ1) is 17.8. The van der Waals surface area contributed by atoms with Crippen molar-refractivity contribution in [3.8, 4) is 17.1 Å². The predicted octanol–water partition coefficient (Wildman–Crippen LogP) is 5.03. The van der Waals surface area contributed by atoms with Crippen LogP contribution in [0.2, 0.25) is 0 Å². The highest BCUT2D eigenvalue weighted by Crippen LogP contribution is 2.23. The first-order valence-corrected chi connectivity index (χ1v) is 9.12. The monoisotopic (exact) mass is 371 g/mol. The molecule has 1 heterocycles. The number of aromatic nitrogens is 2. The molecule has 3 aromatic carbocycles. The predicted molar refractivity (Wildman–Crippen MR) is 111 cm³/mol. The summed E-state index contributed by atoms with van der Waals surface area (Å²) in [7, 11) is 0. The van der Waals surface area contributed by atoms with E-state index in [0.717, 1.165) is 22.4 Å². The maximum Gasteiger partial charge on any atom is 0.267 e. The minimum Gasteiger partial charge on any atom is -0.478 e. The van der Waals surface area contributed by atoms with E-state index in [2.05, 4.69) is 15.3 Å². The number of fused-ring (bicyclic) bond motifs is 1. The van der Waals surface area contributed by atoms with Crippen LogP contribution in [0.4, 0.5) is 5.69 Å². The van der Waals surface area contributed by atoms with Crippen LogP contribution in [0.1, 0.15) is 13.8 Å². The van der Waals surface area contributed by atoms with Crippen molar-refractivity contribution in [3.63, 3.8) is 0 Å². The van der Waals surface area contributed by atoms with E-state index in [9.17, 15) is 4.79 Å². The van der Waals surface area contributed by atoms with Gasteiger partial charge in [-0.2, -0.15) is 0 Å². The van der Waals surface area contributed by atoms with Gasteiger partial charge in [0.15, 0.2) is 5.60 Å². The Morgan fingerprint density at radius 3 is 2.32 bits per heavy atom. The molecule has 0 aliphatic carbocycles. The van der Waals surface area contributed by atoms with Crippen LogP contribution in [0.3, 0.4) is 0 Å². The van der Waals surface area contributed by atoms with Crippen molar-refractivity contribution >= 4 is 22.6 Å². The molecule has 4 aromatic rings. The maximum absolute atomic E-state index is 12.7. The molecule has 5 nitrogen and oxygen atoms in total. The zero-order chi connectivity index (χ0) is 19.6. The summed E-state index contributed by atoms with van der Waals surface area (Å²) in [6, 6.07) is 24.8. The van der Waals surface area contributed by atoms with Gasteiger partial charge in [-0.1, -0.05) is 30.3 Å². The number of amides is 1. The Kier molecular flexibility index (Phi) is 4.57. The van der Waals surface area contributed by atoms with E-state index in [4.69, 9.17) is 4.74 Å². The number of carbonyl (C=O) groups is 1. The van der Waals surface area contributed by atoms with Gasteiger partial charge in [-0.25, -0.2) is 4.98 Å². The summed E-state index contributed by atoms with van der Waals surface area (Å²) in [5.41, 5.74) is 2.58. The maximum atomic E-state index is 12.7. The van der Waals surface area contributed by atoms with Gasteiger partial charge in [-0.15, -0.1) is 0 Å². The fourth-order valence-electron chi connectivity index (χ4n) is 2.91. The average Bonchev–Trinajstić information content (AvgIpc) is 3.13. The Morgan fingerprint density at radius 2 is 1.61 bits per heavy atom. The van der Waals surface area contributed by atoms with Gasteiger partial charge in [0.2, 0.25) is 0 Å². The third kappa shape index (κ3) is 3.74. The summed E-state index contributed by atoms with van der Waals surface area (Å²) in [6.07, 6.45) is 0. The fraction of sp³-hybridized carbons (Fsp3) is 0.130. The van der Waals surface area contributed by atoms with E-state index in [1.165, 1.54) is 0 Å². The van der Waals surface area contributed by atoms with Gasteiger partial charge in [0.05, 0.1) is 11.0 Å². The first-order valence-electron chi connectivity index (χ1n) is 9.12. The van der Waals surface area contributed by atoms with Gasteiger partial charge in [0, 0.05) is 11.3 Å². The average molecular weight is 371 g/mol. The second kappa shape index (κ2) is 7.19. The highest BCUT2D eigenvalue weighted by Gasteiger charge is 2.30. The molecule has 0 aliphatic rings. The summed E-state index contributed by atoms with van der Waals surface area (Å²) < 4.78 is 5.84. The Bertz CT molecular complexity index is 1070. The van der Waals surface area contributed by atoms with E-state index in [1.807, 2.05) is 78.9 Å².